The van der Waals surface area contributed by atoms with Crippen molar-refractivity contribution in [3.05, 3.63) is 47.6 Å². The Balaban J connectivity index is 1.03. The van der Waals surface area contributed by atoms with Gasteiger partial charge in [0.25, 0.3) is 5.91 Å². The molecule has 4 aliphatic heterocycles. The molecule has 0 aliphatic carbocycles. The van der Waals surface area contributed by atoms with E-state index in [0.29, 0.717) is 50.6 Å². The summed E-state index contributed by atoms with van der Waals surface area (Å²) < 4.78 is 22.4. The summed E-state index contributed by atoms with van der Waals surface area (Å²) in [5.41, 5.74) is 0.197. The van der Waals surface area contributed by atoms with E-state index in [2.05, 4.69) is 22.7 Å². The third-order valence-corrected chi connectivity index (χ3v) is 12.5. The van der Waals surface area contributed by atoms with Gasteiger partial charge >= 0.3 is 18.0 Å². The van der Waals surface area contributed by atoms with Gasteiger partial charge in [-0.05, 0) is 76.2 Å². The molecule has 1 unspecified atom stereocenters. The number of fused-ring (bicyclic) bond motifs is 2. The van der Waals surface area contributed by atoms with Gasteiger partial charge in [0.05, 0.1) is 30.5 Å². The van der Waals surface area contributed by atoms with Crippen LogP contribution in [-0.2, 0) is 44.6 Å². The lowest BCUT2D eigenvalue weighted by atomic mass is 9.92. The van der Waals surface area contributed by atoms with Crippen molar-refractivity contribution in [3.63, 3.8) is 0 Å². The normalized spacial score (nSPS) is 26.2. The number of ketones is 1. The second kappa shape index (κ2) is 23.4. The zero-order valence-corrected chi connectivity index (χ0v) is 35.5. The molecule has 3 saturated heterocycles. The molecule has 5 rings (SSSR count). The van der Waals surface area contributed by atoms with E-state index in [1.165, 1.54) is 6.07 Å². The van der Waals surface area contributed by atoms with Gasteiger partial charge in [0.15, 0.2) is 6.61 Å². The van der Waals surface area contributed by atoms with Crippen molar-refractivity contribution in [2.24, 2.45) is 5.16 Å². The summed E-state index contributed by atoms with van der Waals surface area (Å²) in [6.45, 7) is 5.31. The van der Waals surface area contributed by atoms with Crippen LogP contribution in [0.4, 0.5) is 4.79 Å². The largest absolute Gasteiger partial charge is 0.508 e. The number of esters is 2. The molecule has 5 atom stereocenters. The molecule has 0 radical (unpaired) electrons. The van der Waals surface area contributed by atoms with Gasteiger partial charge < -0.3 is 49.5 Å². The van der Waals surface area contributed by atoms with Crippen LogP contribution < -0.4 is 10.6 Å². The molecule has 16 nitrogen and oxygen atoms in total. The average Bonchev–Trinajstić information content (AvgIpc) is 3.67. The molecule has 0 spiro atoms. The first-order valence-corrected chi connectivity index (χ1v) is 22.1. The second-order valence-corrected chi connectivity index (χ2v) is 17.1. The van der Waals surface area contributed by atoms with E-state index in [9.17, 15) is 34.2 Å². The molecule has 1 aromatic carbocycles. The molecule has 330 valence electrons. The van der Waals surface area contributed by atoms with Crippen LogP contribution in [-0.4, -0.2) is 131 Å². The summed E-state index contributed by atoms with van der Waals surface area (Å²) in [6.07, 6.45) is 13.1. The van der Waals surface area contributed by atoms with Gasteiger partial charge in [-0.2, -0.15) is 11.8 Å². The number of carbonyl (C=O) groups is 5. The number of allylic oxidation sites excluding steroid dienone is 1. The molecule has 0 aromatic heterocycles. The third-order valence-electron chi connectivity index (χ3n) is 10.8. The number of hydrogen-bond donors (Lipinski definition) is 4. The van der Waals surface area contributed by atoms with E-state index in [1.807, 2.05) is 11.8 Å². The topological polar surface area (TPSA) is 212 Å². The van der Waals surface area contributed by atoms with Crippen LogP contribution in [0.3, 0.4) is 0 Å². The molecule has 3 fully saturated rings. The number of phenols is 2. The Kier molecular flexibility index (Phi) is 18.1. The van der Waals surface area contributed by atoms with E-state index in [1.54, 1.807) is 36.1 Å². The van der Waals surface area contributed by atoms with E-state index >= 15 is 0 Å². The first-order valence-electron chi connectivity index (χ1n) is 21.0. The Bertz CT molecular complexity index is 1750. The van der Waals surface area contributed by atoms with E-state index < -0.39 is 29.9 Å². The summed E-state index contributed by atoms with van der Waals surface area (Å²) in [5.74, 6) is -1.20. The summed E-state index contributed by atoms with van der Waals surface area (Å²) in [5, 5.41) is 31.5. The van der Waals surface area contributed by atoms with E-state index in [4.69, 9.17) is 23.8 Å². The monoisotopic (exact) mass is 856 g/mol. The summed E-state index contributed by atoms with van der Waals surface area (Å²) in [7, 11) is 0. The molecule has 17 heteroatoms. The SMILES string of the molecule is C[C@@H]1C/C=C/C(OC(=O)COCCOCCCC(=O)CCCC[C@@H]2SC[C@]3(C)NC(=O)N[C@H]23)C/C=C/C(=NOCC(=O)N2CCCCC2)Cc2cc(O)cc(O)c2C(=O)O1. The van der Waals surface area contributed by atoms with Crippen LogP contribution in [0.5, 0.6) is 11.5 Å². The Morgan fingerprint density at radius 2 is 1.77 bits per heavy atom. The molecular weight excluding hydrogens is 797 g/mol. The number of benzene rings is 1. The molecule has 60 heavy (non-hydrogen) atoms. The minimum Gasteiger partial charge on any atom is -0.508 e. The minimum absolute atomic E-state index is 0.0660. The van der Waals surface area contributed by atoms with Crippen molar-refractivity contribution in [2.75, 3.05) is 51.9 Å². The van der Waals surface area contributed by atoms with Gasteiger partial charge in [0.1, 0.15) is 41.7 Å². The number of piperidine rings is 1. The van der Waals surface area contributed by atoms with Gasteiger partial charge in [0, 0.05) is 68.9 Å². The number of thioether (sulfide) groups is 1. The predicted octanol–water partition coefficient (Wildman–Crippen LogP) is 4.89. The van der Waals surface area contributed by atoms with Crippen molar-refractivity contribution in [1.29, 1.82) is 0 Å². The lowest BCUT2D eigenvalue weighted by molar-refractivity contribution is -0.152. The molecule has 3 amide bonds. The fourth-order valence-electron chi connectivity index (χ4n) is 7.65. The smallest absolute Gasteiger partial charge is 0.342 e. The van der Waals surface area contributed by atoms with Crippen LogP contribution in [0, 0.1) is 0 Å². The number of Topliss-reactive ketones (excluding diaryl/α,β-unsaturated/α-hetero) is 1. The van der Waals surface area contributed by atoms with Gasteiger partial charge in [-0.1, -0.05) is 23.7 Å². The molecule has 4 aliphatic rings. The lowest BCUT2D eigenvalue weighted by Crippen LogP contribution is -2.47. The maximum Gasteiger partial charge on any atom is 0.342 e. The minimum atomic E-state index is -0.795. The van der Waals surface area contributed by atoms with Crippen molar-refractivity contribution in [3.8, 4) is 11.5 Å². The number of oxime groups is 1. The highest BCUT2D eigenvalue weighted by atomic mass is 32.2. The Morgan fingerprint density at radius 3 is 2.58 bits per heavy atom. The van der Waals surface area contributed by atoms with Crippen molar-refractivity contribution >= 4 is 47.1 Å². The third kappa shape index (κ3) is 14.5. The van der Waals surface area contributed by atoms with Gasteiger partial charge in [-0.25, -0.2) is 14.4 Å². The number of urea groups is 1. The fourth-order valence-corrected chi connectivity index (χ4v) is 9.36. The fraction of sp³-hybridized carbons (Fsp3) is 0.628. The number of rotatable bonds is 18. The number of amides is 3. The van der Waals surface area contributed by atoms with Crippen LogP contribution in [0.25, 0.3) is 0 Å². The first-order chi connectivity index (χ1) is 28.9. The number of aromatic hydroxyl groups is 2. The highest BCUT2D eigenvalue weighted by Gasteiger charge is 2.51. The number of nitrogens with zero attached hydrogens (tertiary/aromatic N) is 2. The van der Waals surface area contributed by atoms with Crippen LogP contribution in [0.1, 0.15) is 100 Å². The van der Waals surface area contributed by atoms with Crippen molar-refractivity contribution in [1.82, 2.24) is 15.5 Å². The number of carbonyl (C=O) groups excluding carboxylic acids is 5. The van der Waals surface area contributed by atoms with Gasteiger partial charge in [-0.15, -0.1) is 0 Å². The number of ether oxygens (including phenoxy) is 4. The summed E-state index contributed by atoms with van der Waals surface area (Å²) >= 11 is 1.88. The van der Waals surface area contributed by atoms with E-state index in [-0.39, 0.29) is 91.2 Å². The molecule has 4 N–H and O–H groups in total. The molecule has 0 saturated carbocycles. The first kappa shape index (κ1) is 46.5. The number of cyclic esters (lactones) is 1. The van der Waals surface area contributed by atoms with E-state index in [0.717, 1.165) is 50.3 Å². The Morgan fingerprint density at radius 1 is 0.983 bits per heavy atom. The Labute approximate surface area is 355 Å². The molecule has 0 bridgehead atoms. The molecule has 1 aromatic rings. The van der Waals surface area contributed by atoms with Gasteiger partial charge in [-0.3, -0.25) is 9.59 Å². The number of phenolic OH excluding ortho intramolecular Hbond substituents is 2. The maximum absolute atomic E-state index is 13.2. The van der Waals surface area contributed by atoms with Crippen LogP contribution in [0.15, 0.2) is 41.6 Å². The lowest BCUT2D eigenvalue weighted by Gasteiger charge is -2.26. The summed E-state index contributed by atoms with van der Waals surface area (Å²) in [6, 6.07) is 2.43. The molecule has 4 heterocycles. The van der Waals surface area contributed by atoms with Crippen molar-refractivity contribution < 1.29 is 58.0 Å². The van der Waals surface area contributed by atoms with Crippen LogP contribution >= 0.6 is 11.8 Å². The standard InChI is InChI=1S/C43H60N4O12S/c1-29-11-8-15-34(59-38(52)27-56-22-21-55-20-10-14-32(48)13-4-5-17-36-40-43(2,28-60-36)45-42(54)44-40)16-9-12-31(46-57-26-37(51)47-18-6-3-7-19-47)23-30-24-33(49)25-35(50)39(30)41(53)58-29/h8-9,12,15,24-25,29,34,36,40,49-50H,3-7,10-11,13-14,16-23,26-28H2,1-2H3,(H2,44,45,54)/b12-9+,15-8+,46-31?/t29-,34?,36+,40-,43+/m1/s1. The number of hydrogen-bond acceptors (Lipinski definition) is 14. The highest BCUT2D eigenvalue weighted by molar-refractivity contribution is 8.00. The predicted molar refractivity (Wildman–Crippen MR) is 224 cm³/mol. The number of likely N-dealkylation sites (tertiary alicyclic amines) is 1. The van der Waals surface area contributed by atoms with Crippen LogP contribution in [0.2, 0.25) is 0 Å². The number of unbranched alkanes of at least 4 members (excludes halogenated alkanes) is 1. The Hall–Kier alpha value is -4.61. The average molecular weight is 857 g/mol. The second-order valence-electron chi connectivity index (χ2n) is 15.9. The maximum atomic E-state index is 13.2. The zero-order valence-electron chi connectivity index (χ0n) is 34.7. The quantitative estimate of drug-likeness (QED) is 0.0510. The zero-order chi connectivity index (χ0) is 42.9. The highest BCUT2D eigenvalue weighted by Crippen LogP contribution is 2.39. The van der Waals surface area contributed by atoms with Gasteiger partial charge in [0.2, 0.25) is 0 Å². The summed E-state index contributed by atoms with van der Waals surface area (Å²) in [4.78, 5) is 70.0. The van der Waals surface area contributed by atoms with Crippen molar-refractivity contribution in [2.45, 2.75) is 120 Å². The number of nitrogens with one attached hydrogen (secondary N) is 2. The molecular formula is C43H60N4O12S.